The van der Waals surface area contributed by atoms with Crippen molar-refractivity contribution in [2.24, 2.45) is 0 Å². The van der Waals surface area contributed by atoms with E-state index in [1.165, 1.54) is 30.2 Å². The number of aryl methyl sites for hydroxylation is 1. The lowest BCUT2D eigenvalue weighted by Gasteiger charge is -2.07. The molecule has 0 saturated heterocycles. The molecule has 2 aromatic heterocycles. The molecule has 1 amide bonds. The molecule has 1 aromatic carbocycles. The number of esters is 1. The molecule has 0 unspecified atom stereocenters. The first-order valence-electron chi connectivity index (χ1n) is 7.96. The molecule has 0 aliphatic heterocycles. The maximum atomic E-state index is 12.4. The molecule has 0 spiro atoms. The second kappa shape index (κ2) is 7.88. The molecule has 0 bridgehead atoms. The van der Waals surface area contributed by atoms with Gasteiger partial charge in [-0.2, -0.15) is 0 Å². The first-order valence-corrected chi connectivity index (χ1v) is 9.76. The summed E-state index contributed by atoms with van der Waals surface area (Å²) in [6.45, 7) is 3.77. The van der Waals surface area contributed by atoms with Gasteiger partial charge in [0.1, 0.15) is 5.00 Å². The summed E-state index contributed by atoms with van der Waals surface area (Å²) in [5, 5.41) is 4.41. The third kappa shape index (κ3) is 3.73. The number of thioether (sulfide) groups is 1. The van der Waals surface area contributed by atoms with Gasteiger partial charge in [0.25, 0.3) is 0 Å². The molecule has 0 atom stereocenters. The summed E-state index contributed by atoms with van der Waals surface area (Å²) in [6.07, 6.45) is 1.74. The third-order valence-electron chi connectivity index (χ3n) is 4.00. The van der Waals surface area contributed by atoms with Crippen LogP contribution in [0.4, 0.5) is 5.00 Å². The number of nitrogens with zero attached hydrogens (tertiary/aromatic N) is 1. The lowest BCUT2D eigenvalue weighted by Crippen LogP contribution is -2.16. The molecule has 3 rings (SSSR count). The summed E-state index contributed by atoms with van der Waals surface area (Å²) in [7, 11) is 1.34. The summed E-state index contributed by atoms with van der Waals surface area (Å²) in [4.78, 5) is 30.7. The van der Waals surface area contributed by atoms with E-state index in [2.05, 4.69) is 10.3 Å². The average Bonchev–Trinajstić information content (AvgIpc) is 2.92. The number of methoxy groups -OCH3 is 1. The summed E-state index contributed by atoms with van der Waals surface area (Å²) in [6, 6.07) is 9.73. The molecule has 5 nitrogen and oxygen atoms in total. The van der Waals surface area contributed by atoms with Crippen molar-refractivity contribution >= 4 is 50.9 Å². The van der Waals surface area contributed by atoms with Gasteiger partial charge >= 0.3 is 5.97 Å². The quantitative estimate of drug-likeness (QED) is 0.519. The largest absolute Gasteiger partial charge is 0.465 e. The summed E-state index contributed by atoms with van der Waals surface area (Å²) < 4.78 is 4.83. The molecule has 1 N–H and O–H groups in total. The van der Waals surface area contributed by atoms with Crippen molar-refractivity contribution in [2.75, 3.05) is 18.2 Å². The Morgan fingerprint density at radius 3 is 2.77 bits per heavy atom. The monoisotopic (exact) mass is 386 g/mol. The number of anilines is 1. The number of benzene rings is 1. The zero-order valence-corrected chi connectivity index (χ0v) is 16.3. The number of pyridine rings is 1. The van der Waals surface area contributed by atoms with Gasteiger partial charge in [0.2, 0.25) is 5.91 Å². The number of hydrogen-bond donors (Lipinski definition) is 1. The van der Waals surface area contributed by atoms with E-state index in [4.69, 9.17) is 4.74 Å². The normalized spacial score (nSPS) is 10.7. The number of carbonyl (C=O) groups excluding carboxylic acids is 2. The second-order valence-corrected chi connectivity index (χ2v) is 7.88. The molecule has 2 heterocycles. The number of para-hydroxylation sites is 1. The van der Waals surface area contributed by atoms with Crippen LogP contribution in [0, 0.1) is 13.8 Å². The highest BCUT2D eigenvalue weighted by atomic mass is 32.2. The fourth-order valence-corrected chi connectivity index (χ4v) is 4.47. The van der Waals surface area contributed by atoms with Crippen molar-refractivity contribution in [2.45, 2.75) is 18.7 Å². The number of hydrogen-bond acceptors (Lipinski definition) is 6. The third-order valence-corrected chi connectivity index (χ3v) is 6.19. The minimum Gasteiger partial charge on any atom is -0.465 e. The van der Waals surface area contributed by atoms with E-state index >= 15 is 0 Å². The standard InChI is InChI=1S/C19H18N2O3S2/c1-11-12(2)26-18(17(11)19(23)24-3)21-16(22)10-25-15-8-9-20-14-7-5-4-6-13(14)15/h4-9H,10H2,1-3H3,(H,21,22). The summed E-state index contributed by atoms with van der Waals surface area (Å²) in [5.41, 5.74) is 2.17. The van der Waals surface area contributed by atoms with Gasteiger partial charge in [0, 0.05) is 21.4 Å². The first kappa shape index (κ1) is 18.4. The highest BCUT2D eigenvalue weighted by molar-refractivity contribution is 8.00. The Labute approximate surface area is 159 Å². The number of ether oxygens (including phenoxy) is 1. The van der Waals surface area contributed by atoms with E-state index in [9.17, 15) is 9.59 Å². The van der Waals surface area contributed by atoms with Crippen LogP contribution in [0.1, 0.15) is 20.8 Å². The van der Waals surface area contributed by atoms with Crippen LogP contribution in [0.15, 0.2) is 41.4 Å². The number of thiophene rings is 1. The van der Waals surface area contributed by atoms with E-state index in [1.807, 2.05) is 44.2 Å². The molecular formula is C19H18N2O3S2. The van der Waals surface area contributed by atoms with E-state index < -0.39 is 5.97 Å². The predicted octanol–water partition coefficient (Wildman–Crippen LogP) is 4.43. The molecule has 26 heavy (non-hydrogen) atoms. The zero-order chi connectivity index (χ0) is 18.7. The highest BCUT2D eigenvalue weighted by Crippen LogP contribution is 2.33. The van der Waals surface area contributed by atoms with Crippen LogP contribution in [0.5, 0.6) is 0 Å². The fraction of sp³-hybridized carbons (Fsp3) is 0.211. The molecule has 0 fully saturated rings. The number of rotatable bonds is 5. The van der Waals surface area contributed by atoms with Crippen LogP contribution in [0.3, 0.4) is 0 Å². The van der Waals surface area contributed by atoms with Gasteiger partial charge in [-0.25, -0.2) is 4.79 Å². The van der Waals surface area contributed by atoms with Crippen LogP contribution in [0.2, 0.25) is 0 Å². The average molecular weight is 386 g/mol. The maximum absolute atomic E-state index is 12.4. The number of fused-ring (bicyclic) bond motifs is 1. The van der Waals surface area contributed by atoms with Gasteiger partial charge < -0.3 is 10.1 Å². The van der Waals surface area contributed by atoms with Crippen LogP contribution in [-0.4, -0.2) is 29.7 Å². The lowest BCUT2D eigenvalue weighted by molar-refractivity contribution is -0.113. The van der Waals surface area contributed by atoms with Gasteiger partial charge in [-0.1, -0.05) is 18.2 Å². The van der Waals surface area contributed by atoms with Crippen molar-refractivity contribution in [3.8, 4) is 0 Å². The predicted molar refractivity (Wildman–Crippen MR) is 106 cm³/mol. The topological polar surface area (TPSA) is 68.3 Å². The molecule has 0 aliphatic rings. The van der Waals surface area contributed by atoms with E-state index in [-0.39, 0.29) is 11.7 Å². The summed E-state index contributed by atoms with van der Waals surface area (Å²) in [5.74, 6) is -0.359. The molecule has 0 saturated carbocycles. The van der Waals surface area contributed by atoms with Gasteiger partial charge in [-0.15, -0.1) is 23.1 Å². The minimum atomic E-state index is -0.435. The molecule has 0 radical (unpaired) electrons. The summed E-state index contributed by atoms with van der Waals surface area (Å²) >= 11 is 2.83. The second-order valence-electron chi connectivity index (χ2n) is 5.64. The van der Waals surface area contributed by atoms with Crippen molar-refractivity contribution < 1.29 is 14.3 Å². The molecule has 0 aliphatic carbocycles. The van der Waals surface area contributed by atoms with E-state index in [0.29, 0.717) is 10.6 Å². The van der Waals surface area contributed by atoms with Crippen LogP contribution >= 0.6 is 23.1 Å². The van der Waals surface area contributed by atoms with Crippen molar-refractivity contribution in [1.29, 1.82) is 0 Å². The number of aromatic nitrogens is 1. The zero-order valence-electron chi connectivity index (χ0n) is 14.7. The Morgan fingerprint density at radius 1 is 1.23 bits per heavy atom. The Balaban J connectivity index is 1.74. The van der Waals surface area contributed by atoms with Gasteiger partial charge in [0.15, 0.2) is 0 Å². The number of nitrogens with one attached hydrogen (secondary N) is 1. The number of amides is 1. The van der Waals surface area contributed by atoms with Gasteiger partial charge in [0.05, 0.1) is 23.9 Å². The van der Waals surface area contributed by atoms with Crippen molar-refractivity contribution in [3.05, 3.63) is 52.5 Å². The van der Waals surface area contributed by atoms with E-state index in [1.54, 1.807) is 6.20 Å². The Bertz CT molecular complexity index is 977. The lowest BCUT2D eigenvalue weighted by atomic mass is 10.1. The SMILES string of the molecule is COC(=O)c1c(NC(=O)CSc2ccnc3ccccc23)sc(C)c1C. The Morgan fingerprint density at radius 2 is 2.00 bits per heavy atom. The van der Waals surface area contributed by atoms with Crippen LogP contribution in [0.25, 0.3) is 10.9 Å². The van der Waals surface area contributed by atoms with Gasteiger partial charge in [-0.3, -0.25) is 9.78 Å². The smallest absolute Gasteiger partial charge is 0.341 e. The molecular weight excluding hydrogens is 368 g/mol. The first-order chi connectivity index (χ1) is 12.5. The Kier molecular flexibility index (Phi) is 5.58. The minimum absolute atomic E-state index is 0.165. The van der Waals surface area contributed by atoms with Gasteiger partial charge in [-0.05, 0) is 31.5 Å². The van der Waals surface area contributed by atoms with E-state index in [0.717, 1.165) is 26.2 Å². The maximum Gasteiger partial charge on any atom is 0.341 e. The molecule has 3 aromatic rings. The highest BCUT2D eigenvalue weighted by Gasteiger charge is 2.21. The fourth-order valence-electron chi connectivity index (χ4n) is 2.56. The van der Waals surface area contributed by atoms with Crippen molar-refractivity contribution in [3.63, 3.8) is 0 Å². The Hall–Kier alpha value is -2.38. The van der Waals surface area contributed by atoms with Crippen LogP contribution < -0.4 is 5.32 Å². The van der Waals surface area contributed by atoms with Crippen LogP contribution in [-0.2, 0) is 9.53 Å². The molecule has 7 heteroatoms. The number of carbonyl (C=O) groups is 2. The van der Waals surface area contributed by atoms with Crippen molar-refractivity contribution in [1.82, 2.24) is 4.98 Å². The molecule has 134 valence electrons.